The number of pyridine rings is 1. The van der Waals surface area contributed by atoms with Gasteiger partial charge in [-0.05, 0) is 13.0 Å². The summed E-state index contributed by atoms with van der Waals surface area (Å²) in [6, 6.07) is 3.34. The molecule has 6 nitrogen and oxygen atoms in total. The normalized spacial score (nSPS) is 16.7. The smallest absolute Gasteiger partial charge is 0.344 e. The fourth-order valence-corrected chi connectivity index (χ4v) is 4.27. The van der Waals surface area contributed by atoms with Gasteiger partial charge in [-0.2, -0.15) is 0 Å². The van der Waals surface area contributed by atoms with E-state index in [4.69, 9.17) is 25.8 Å². The van der Waals surface area contributed by atoms with Gasteiger partial charge >= 0.3 is 5.97 Å². The van der Waals surface area contributed by atoms with E-state index in [9.17, 15) is 9.59 Å². The zero-order valence-corrected chi connectivity index (χ0v) is 14.2. The summed E-state index contributed by atoms with van der Waals surface area (Å²) in [4.78, 5) is 25.3. The molecule has 0 atom stereocenters. The van der Waals surface area contributed by atoms with Crippen LogP contribution in [0.25, 0.3) is 16.6 Å². The van der Waals surface area contributed by atoms with Crippen LogP contribution in [0, 0.1) is 0 Å². The summed E-state index contributed by atoms with van der Waals surface area (Å²) in [5, 5.41) is 0.904. The predicted molar refractivity (Wildman–Crippen MR) is 91.1 cm³/mol. The van der Waals surface area contributed by atoms with Gasteiger partial charge < -0.3 is 18.8 Å². The van der Waals surface area contributed by atoms with Crippen molar-refractivity contribution in [3.8, 4) is 11.5 Å². The number of aromatic nitrogens is 1. The molecule has 0 radical (unpaired) electrons. The van der Waals surface area contributed by atoms with E-state index in [1.807, 2.05) is 4.57 Å². The first kappa shape index (κ1) is 15.4. The van der Waals surface area contributed by atoms with Gasteiger partial charge in [0.25, 0.3) is 0 Å². The van der Waals surface area contributed by atoms with E-state index in [0.29, 0.717) is 33.2 Å². The van der Waals surface area contributed by atoms with Crippen molar-refractivity contribution in [2.45, 2.75) is 11.9 Å². The van der Waals surface area contributed by atoms with Gasteiger partial charge in [0, 0.05) is 23.1 Å². The van der Waals surface area contributed by atoms with Gasteiger partial charge in [-0.1, -0.05) is 11.6 Å². The van der Waals surface area contributed by atoms with E-state index >= 15 is 0 Å². The third-order valence-corrected chi connectivity index (χ3v) is 5.22. The van der Waals surface area contributed by atoms with Crippen LogP contribution >= 0.6 is 23.4 Å². The Morgan fingerprint density at radius 3 is 2.88 bits per heavy atom. The number of ether oxygens (including phenoxy) is 3. The maximum atomic E-state index is 12.9. The number of benzene rings is 1. The molecule has 124 valence electrons. The number of hydrogen-bond donors (Lipinski definition) is 0. The third-order valence-electron chi connectivity index (χ3n) is 3.87. The molecule has 0 saturated heterocycles. The lowest BCUT2D eigenvalue weighted by molar-refractivity contribution is 0.0519. The van der Waals surface area contributed by atoms with Crippen molar-refractivity contribution in [2.75, 3.05) is 19.2 Å². The van der Waals surface area contributed by atoms with Gasteiger partial charge in [0.05, 0.1) is 22.5 Å². The molecule has 2 aliphatic heterocycles. The van der Waals surface area contributed by atoms with Crippen molar-refractivity contribution in [1.29, 1.82) is 0 Å². The van der Waals surface area contributed by atoms with Gasteiger partial charge in [-0.15, -0.1) is 11.8 Å². The number of nitrogens with zero attached hydrogens (tertiary/aromatic N) is 1. The lowest BCUT2D eigenvalue weighted by atomic mass is 10.1. The second-order valence-corrected chi connectivity index (χ2v) is 6.36. The predicted octanol–water partition coefficient (Wildman–Crippen LogP) is 3.05. The van der Waals surface area contributed by atoms with E-state index in [-0.39, 0.29) is 24.4 Å². The molecule has 8 heteroatoms. The number of carbonyl (C=O) groups is 1. The van der Waals surface area contributed by atoms with Crippen molar-refractivity contribution >= 4 is 45.9 Å². The van der Waals surface area contributed by atoms with E-state index in [1.54, 1.807) is 19.1 Å². The molecular formula is C16H12ClNO5S. The summed E-state index contributed by atoms with van der Waals surface area (Å²) in [5.74, 6) is 0.973. The molecule has 3 heterocycles. The summed E-state index contributed by atoms with van der Waals surface area (Å²) < 4.78 is 17.6. The van der Waals surface area contributed by atoms with Crippen LogP contribution in [-0.2, 0) is 4.74 Å². The molecule has 0 bridgehead atoms. The molecule has 2 aliphatic rings. The molecule has 4 rings (SSSR count). The Kier molecular flexibility index (Phi) is 3.69. The number of fused-ring (bicyclic) bond motifs is 4. The molecule has 0 unspecified atom stereocenters. The average molecular weight is 366 g/mol. The molecule has 0 saturated carbocycles. The first-order chi connectivity index (χ1) is 11.7. The van der Waals surface area contributed by atoms with E-state index in [1.165, 1.54) is 17.3 Å². The van der Waals surface area contributed by atoms with Gasteiger partial charge in [0.2, 0.25) is 12.2 Å². The highest BCUT2D eigenvalue weighted by molar-refractivity contribution is 8.00. The second-order valence-electron chi connectivity index (χ2n) is 5.18. The molecule has 0 aliphatic carbocycles. The molecule has 24 heavy (non-hydrogen) atoms. The fourth-order valence-electron chi connectivity index (χ4n) is 2.84. The minimum atomic E-state index is -0.630. The molecule has 2 aromatic rings. The highest BCUT2D eigenvalue weighted by Gasteiger charge is 2.30. The molecule has 0 spiro atoms. The van der Waals surface area contributed by atoms with Crippen LogP contribution in [0.15, 0.2) is 27.5 Å². The molecule has 1 aromatic heterocycles. The standard InChI is InChI=1S/C16H12ClNO5S/c1-2-21-16(20)13-14(19)9-3-11-12(23-7-22-11)4-10(9)18-8(5-17)6-24-15(13)18/h3-5H,2,6-7H2,1H3. The van der Waals surface area contributed by atoms with Crippen molar-refractivity contribution in [3.05, 3.63) is 33.5 Å². The van der Waals surface area contributed by atoms with Gasteiger partial charge in [0.15, 0.2) is 11.5 Å². The number of esters is 1. The largest absolute Gasteiger partial charge is 0.462 e. The van der Waals surface area contributed by atoms with Gasteiger partial charge in [-0.25, -0.2) is 4.79 Å². The van der Waals surface area contributed by atoms with Gasteiger partial charge in [0.1, 0.15) is 5.56 Å². The number of carbonyl (C=O) groups excluding carboxylic acids is 1. The molecule has 0 fully saturated rings. The Labute approximate surface area is 145 Å². The SMILES string of the molecule is CCOC(=O)c1c2n(c3cc4c(cc3c1=O)OCO4)C(=CCl)CS2. The lowest BCUT2D eigenvalue weighted by Gasteiger charge is -2.14. The Morgan fingerprint density at radius 2 is 2.17 bits per heavy atom. The zero-order chi connectivity index (χ0) is 16.8. The topological polar surface area (TPSA) is 66.8 Å². The maximum absolute atomic E-state index is 12.9. The van der Waals surface area contributed by atoms with Crippen LogP contribution in [0.4, 0.5) is 0 Å². The summed E-state index contributed by atoms with van der Waals surface area (Å²) in [6.07, 6.45) is 0. The third kappa shape index (κ3) is 2.12. The summed E-state index contributed by atoms with van der Waals surface area (Å²) in [6.45, 7) is 2.00. The van der Waals surface area contributed by atoms with E-state index in [0.717, 1.165) is 5.70 Å². The quantitative estimate of drug-likeness (QED) is 0.762. The summed E-state index contributed by atoms with van der Waals surface area (Å²) >= 11 is 7.32. The number of hydrogen-bond acceptors (Lipinski definition) is 6. The van der Waals surface area contributed by atoms with E-state index in [2.05, 4.69) is 0 Å². The number of halogens is 1. The highest BCUT2D eigenvalue weighted by atomic mass is 35.5. The Balaban J connectivity index is 2.12. The Hall–Kier alpha value is -2.12. The van der Waals surface area contributed by atoms with Crippen molar-refractivity contribution in [3.63, 3.8) is 0 Å². The number of thioether (sulfide) groups is 1. The second kappa shape index (κ2) is 5.75. The zero-order valence-electron chi connectivity index (χ0n) is 12.6. The number of rotatable bonds is 2. The maximum Gasteiger partial charge on any atom is 0.344 e. The van der Waals surface area contributed by atoms with Crippen molar-refractivity contribution in [1.82, 2.24) is 4.57 Å². The van der Waals surface area contributed by atoms with Crippen LogP contribution < -0.4 is 14.9 Å². The Bertz CT molecular complexity index is 965. The lowest BCUT2D eigenvalue weighted by Crippen LogP contribution is -2.22. The fraction of sp³-hybridized carbons (Fsp3) is 0.250. The minimum absolute atomic E-state index is 0.0294. The monoisotopic (exact) mass is 365 g/mol. The molecular weight excluding hydrogens is 354 g/mol. The van der Waals surface area contributed by atoms with Crippen molar-refractivity contribution in [2.24, 2.45) is 0 Å². The Morgan fingerprint density at radius 1 is 1.42 bits per heavy atom. The van der Waals surface area contributed by atoms with E-state index < -0.39 is 5.97 Å². The average Bonchev–Trinajstić information content (AvgIpc) is 3.19. The van der Waals surface area contributed by atoms with Crippen molar-refractivity contribution < 1.29 is 19.0 Å². The summed E-state index contributed by atoms with van der Waals surface area (Å²) in [7, 11) is 0. The summed E-state index contributed by atoms with van der Waals surface area (Å²) in [5.41, 5.74) is 2.51. The first-order valence-corrected chi connectivity index (χ1v) is 8.69. The van der Waals surface area contributed by atoms with Gasteiger partial charge in [-0.3, -0.25) is 4.79 Å². The van der Waals surface area contributed by atoms with Crippen LogP contribution in [0.2, 0.25) is 0 Å². The minimum Gasteiger partial charge on any atom is -0.462 e. The highest BCUT2D eigenvalue weighted by Crippen LogP contribution is 2.41. The molecule has 1 aromatic carbocycles. The molecule has 0 amide bonds. The van der Waals surface area contributed by atoms with Crippen LogP contribution in [0.1, 0.15) is 17.3 Å². The van der Waals surface area contributed by atoms with Crippen LogP contribution in [0.3, 0.4) is 0 Å². The van der Waals surface area contributed by atoms with Crippen LogP contribution in [0.5, 0.6) is 11.5 Å². The molecule has 0 N–H and O–H groups in total. The van der Waals surface area contributed by atoms with Crippen LogP contribution in [-0.4, -0.2) is 29.7 Å². The first-order valence-electron chi connectivity index (χ1n) is 7.27.